The fraction of sp³-hybridized carbons (Fsp3) is 0.591. The molecule has 28 heavy (non-hydrogen) atoms. The van der Waals surface area contributed by atoms with Crippen LogP contribution < -0.4 is 14.2 Å². The van der Waals surface area contributed by atoms with E-state index in [-0.39, 0.29) is 5.91 Å². The van der Waals surface area contributed by atoms with E-state index in [1.807, 2.05) is 4.90 Å². The first-order valence-corrected chi connectivity index (χ1v) is 10.1. The quantitative estimate of drug-likeness (QED) is 0.680. The molecule has 0 unspecified atom stereocenters. The van der Waals surface area contributed by atoms with Crippen molar-refractivity contribution in [2.45, 2.75) is 51.1 Å². The molecule has 1 saturated heterocycles. The Morgan fingerprint density at radius 1 is 1.14 bits per heavy atom. The number of likely N-dealkylation sites (N-methyl/N-ethyl adjacent to an activating group) is 1. The van der Waals surface area contributed by atoms with Crippen LogP contribution in [0.3, 0.4) is 0 Å². The predicted molar refractivity (Wildman–Crippen MR) is 109 cm³/mol. The van der Waals surface area contributed by atoms with Crippen LogP contribution in [-0.4, -0.2) is 62.7 Å². The van der Waals surface area contributed by atoms with Crippen molar-refractivity contribution in [2.24, 2.45) is 0 Å². The minimum atomic E-state index is -0.0112. The van der Waals surface area contributed by atoms with Gasteiger partial charge in [0.1, 0.15) is 0 Å². The highest BCUT2D eigenvalue weighted by molar-refractivity contribution is 5.96. The van der Waals surface area contributed by atoms with Crippen LogP contribution in [0.25, 0.3) is 0 Å². The first-order valence-electron chi connectivity index (χ1n) is 10.1. The Morgan fingerprint density at radius 3 is 2.36 bits per heavy atom. The maximum absolute atomic E-state index is 13.5. The zero-order valence-corrected chi connectivity index (χ0v) is 17.7. The maximum Gasteiger partial charge on any atom is 0.258 e. The number of rotatable bonds is 8. The normalized spacial score (nSPS) is 21.2. The monoisotopic (exact) mass is 388 g/mol. The predicted octanol–water partition coefficient (Wildman–Crippen LogP) is 3.71. The summed E-state index contributed by atoms with van der Waals surface area (Å²) in [4.78, 5) is 17.9. The molecule has 0 radical (unpaired) electrons. The van der Waals surface area contributed by atoms with Crippen molar-refractivity contribution in [3.05, 3.63) is 29.5 Å². The number of ether oxygens (including phenoxy) is 3. The van der Waals surface area contributed by atoms with Gasteiger partial charge in [0.25, 0.3) is 5.91 Å². The summed E-state index contributed by atoms with van der Waals surface area (Å²) in [5.74, 6) is 1.48. The highest BCUT2D eigenvalue weighted by atomic mass is 16.5. The molecule has 1 fully saturated rings. The number of unbranched alkanes of at least 4 members (excludes halogenated alkanes) is 1. The fourth-order valence-corrected chi connectivity index (χ4v) is 4.27. The van der Waals surface area contributed by atoms with E-state index in [0.717, 1.165) is 31.5 Å². The van der Waals surface area contributed by atoms with Crippen LogP contribution in [0.15, 0.2) is 23.9 Å². The Hall–Kier alpha value is -2.21. The van der Waals surface area contributed by atoms with Crippen molar-refractivity contribution in [3.63, 3.8) is 0 Å². The molecule has 0 aliphatic carbocycles. The third kappa shape index (κ3) is 3.83. The van der Waals surface area contributed by atoms with Crippen molar-refractivity contribution < 1.29 is 19.0 Å². The van der Waals surface area contributed by atoms with Gasteiger partial charge < -0.3 is 19.1 Å². The molecule has 1 aromatic rings. The van der Waals surface area contributed by atoms with Crippen LogP contribution >= 0.6 is 0 Å². The zero-order valence-electron chi connectivity index (χ0n) is 17.7. The summed E-state index contributed by atoms with van der Waals surface area (Å²) < 4.78 is 16.3. The van der Waals surface area contributed by atoms with Gasteiger partial charge in [-0.1, -0.05) is 13.3 Å². The second-order valence-electron chi connectivity index (χ2n) is 7.55. The molecule has 0 aromatic heterocycles. The van der Waals surface area contributed by atoms with Crippen LogP contribution in [0.5, 0.6) is 17.2 Å². The number of benzene rings is 1. The largest absolute Gasteiger partial charge is 0.493 e. The minimum Gasteiger partial charge on any atom is -0.493 e. The number of hydrogen-bond donors (Lipinski definition) is 0. The second kappa shape index (κ2) is 8.86. The van der Waals surface area contributed by atoms with E-state index in [0.29, 0.717) is 34.9 Å². The molecule has 2 atom stereocenters. The molecule has 2 bridgehead atoms. The Bertz CT molecular complexity index is 721. The number of hydrogen-bond acceptors (Lipinski definition) is 5. The van der Waals surface area contributed by atoms with Crippen LogP contribution in [0.1, 0.15) is 49.4 Å². The molecule has 1 amide bonds. The molecular formula is C22H32N2O4. The average molecular weight is 389 g/mol. The lowest BCUT2D eigenvalue weighted by Gasteiger charge is -2.35. The van der Waals surface area contributed by atoms with Crippen molar-refractivity contribution in [2.75, 3.05) is 34.9 Å². The lowest BCUT2D eigenvalue weighted by Crippen LogP contribution is -2.41. The molecular weight excluding hydrogens is 356 g/mol. The van der Waals surface area contributed by atoms with E-state index >= 15 is 0 Å². The highest BCUT2D eigenvalue weighted by Gasteiger charge is 2.36. The topological polar surface area (TPSA) is 51.2 Å². The number of carbonyl (C=O) groups excluding carboxylic acids is 1. The van der Waals surface area contributed by atoms with Crippen LogP contribution in [0, 0.1) is 0 Å². The van der Waals surface area contributed by atoms with E-state index in [2.05, 4.69) is 24.9 Å². The lowest BCUT2D eigenvalue weighted by molar-refractivity contribution is 0.0783. The van der Waals surface area contributed by atoms with E-state index in [4.69, 9.17) is 14.2 Å². The van der Waals surface area contributed by atoms with E-state index in [1.54, 1.807) is 33.5 Å². The van der Waals surface area contributed by atoms with Gasteiger partial charge in [-0.3, -0.25) is 9.69 Å². The third-order valence-corrected chi connectivity index (χ3v) is 5.96. The molecule has 1 aromatic carbocycles. The molecule has 0 saturated carbocycles. The van der Waals surface area contributed by atoms with Crippen LogP contribution in [0.2, 0.25) is 0 Å². The summed E-state index contributed by atoms with van der Waals surface area (Å²) >= 11 is 0. The van der Waals surface area contributed by atoms with E-state index in [1.165, 1.54) is 12.8 Å². The van der Waals surface area contributed by atoms with Gasteiger partial charge in [0, 0.05) is 36.3 Å². The molecule has 154 valence electrons. The fourth-order valence-electron chi connectivity index (χ4n) is 4.27. The number of nitrogens with zero attached hydrogens (tertiary/aromatic N) is 2. The molecule has 0 N–H and O–H groups in total. The second-order valence-corrected chi connectivity index (χ2v) is 7.55. The smallest absolute Gasteiger partial charge is 0.258 e. The summed E-state index contributed by atoms with van der Waals surface area (Å²) in [6, 6.07) is 4.45. The average Bonchev–Trinajstić information content (AvgIpc) is 2.93. The van der Waals surface area contributed by atoms with Crippen LogP contribution in [0.4, 0.5) is 0 Å². The molecule has 0 spiro atoms. The standard InChI is InChI=1S/C22H32N2O4/c1-6-7-10-24(18-13-16-8-9-17(14-18)23(16)2)22(25)15-11-19(26-3)21(28-5)20(12-15)27-4/h11-13,16-17H,6-10,14H2,1-5H3/t16-,17-/m0/s1. The zero-order chi connectivity index (χ0) is 20.3. The minimum absolute atomic E-state index is 0.0112. The Balaban J connectivity index is 1.95. The van der Waals surface area contributed by atoms with Crippen molar-refractivity contribution in [1.29, 1.82) is 0 Å². The van der Waals surface area contributed by atoms with Gasteiger partial charge in [-0.25, -0.2) is 0 Å². The molecule has 2 heterocycles. The highest BCUT2D eigenvalue weighted by Crippen LogP contribution is 2.40. The Kier molecular flexibility index (Phi) is 6.50. The van der Waals surface area contributed by atoms with Crippen molar-refractivity contribution in [1.82, 2.24) is 9.80 Å². The summed E-state index contributed by atoms with van der Waals surface area (Å²) in [5.41, 5.74) is 1.70. The molecule has 2 aliphatic heterocycles. The number of fused-ring (bicyclic) bond motifs is 2. The van der Waals surface area contributed by atoms with Gasteiger partial charge in [-0.2, -0.15) is 0 Å². The number of amides is 1. The summed E-state index contributed by atoms with van der Waals surface area (Å²) in [6.07, 6.45) is 7.59. The van der Waals surface area contributed by atoms with Gasteiger partial charge in [0.05, 0.1) is 21.3 Å². The van der Waals surface area contributed by atoms with Gasteiger partial charge >= 0.3 is 0 Å². The van der Waals surface area contributed by atoms with E-state index < -0.39 is 0 Å². The van der Waals surface area contributed by atoms with Gasteiger partial charge in [-0.05, 0) is 44.5 Å². The SMILES string of the molecule is CCCCN(C(=O)c1cc(OC)c(OC)c(OC)c1)C1=C[C@@H]2CC[C@@H](C1)N2C. The molecule has 3 rings (SSSR count). The van der Waals surface area contributed by atoms with Crippen molar-refractivity contribution in [3.8, 4) is 17.2 Å². The van der Waals surface area contributed by atoms with Crippen LogP contribution in [-0.2, 0) is 0 Å². The summed E-state index contributed by atoms with van der Waals surface area (Å²) in [5, 5.41) is 0. The van der Waals surface area contributed by atoms with E-state index in [9.17, 15) is 4.79 Å². The third-order valence-electron chi connectivity index (χ3n) is 5.96. The van der Waals surface area contributed by atoms with Crippen molar-refractivity contribution >= 4 is 5.91 Å². The lowest BCUT2D eigenvalue weighted by atomic mass is 10.0. The van der Waals surface area contributed by atoms with Gasteiger partial charge in [-0.15, -0.1) is 0 Å². The molecule has 2 aliphatic rings. The number of methoxy groups -OCH3 is 3. The molecule has 6 heteroatoms. The van der Waals surface area contributed by atoms with Gasteiger partial charge in [0.15, 0.2) is 11.5 Å². The Morgan fingerprint density at radius 2 is 1.82 bits per heavy atom. The Labute approximate surface area is 168 Å². The number of carbonyl (C=O) groups is 1. The summed E-state index contributed by atoms with van der Waals surface area (Å²) in [7, 11) is 6.89. The van der Waals surface area contributed by atoms with Gasteiger partial charge in [0.2, 0.25) is 5.75 Å². The first-order chi connectivity index (χ1) is 13.5. The first kappa shape index (κ1) is 20.5. The molecule has 6 nitrogen and oxygen atoms in total. The maximum atomic E-state index is 13.5. The summed E-state index contributed by atoms with van der Waals surface area (Å²) in [6.45, 7) is 2.87.